The molecule has 2 aliphatic rings. The minimum atomic E-state index is -0.385. The molecule has 1 spiro atoms. The van der Waals surface area contributed by atoms with Gasteiger partial charge in [-0.15, -0.1) is 0 Å². The summed E-state index contributed by atoms with van der Waals surface area (Å²) < 4.78 is 5.22. The number of pyridine rings is 2. The lowest BCUT2D eigenvalue weighted by atomic mass is 9.86. The fourth-order valence-electron chi connectivity index (χ4n) is 4.95. The lowest BCUT2D eigenvalue weighted by molar-refractivity contribution is -0.131. The molecule has 0 unspecified atom stereocenters. The predicted octanol–water partition coefficient (Wildman–Crippen LogP) is 4.04. The summed E-state index contributed by atoms with van der Waals surface area (Å²) in [4.78, 5) is 33.0. The highest BCUT2D eigenvalue weighted by atomic mass is 35.5. The Morgan fingerprint density at radius 2 is 2.03 bits per heavy atom. The molecule has 176 valence electrons. The van der Waals surface area contributed by atoms with Crippen LogP contribution in [0.3, 0.4) is 0 Å². The maximum atomic E-state index is 13.4. The van der Waals surface area contributed by atoms with Gasteiger partial charge in [-0.3, -0.25) is 4.79 Å². The van der Waals surface area contributed by atoms with Crippen LogP contribution in [-0.4, -0.2) is 56.5 Å². The molecular formula is C25H27ClN6O2. The summed E-state index contributed by atoms with van der Waals surface area (Å²) in [6, 6.07) is 5.70. The molecule has 9 heteroatoms. The number of rotatable bonds is 4. The standard InChI is InChI=1S/C25H27ClN6O2/c1-15(18-12-21(34-3)29-13-20(18)26)24(33)32-10-7-25(14-32)6-5-17-11-19(16(2)30-22(17)31-25)23-27-8-4-9-28-23/h4,8-9,11-13,15H,5-7,10,14H2,1-3H3,(H,30,31)/t15-,25-/m0/s1. The summed E-state index contributed by atoms with van der Waals surface area (Å²) in [6.45, 7) is 5.20. The van der Waals surface area contributed by atoms with Crippen molar-refractivity contribution in [1.82, 2.24) is 24.8 Å². The monoisotopic (exact) mass is 478 g/mol. The van der Waals surface area contributed by atoms with Crippen molar-refractivity contribution < 1.29 is 9.53 Å². The Morgan fingerprint density at radius 3 is 2.79 bits per heavy atom. The van der Waals surface area contributed by atoms with Gasteiger partial charge in [0.05, 0.1) is 29.3 Å². The number of anilines is 1. The minimum absolute atomic E-state index is 0.0559. The van der Waals surface area contributed by atoms with Gasteiger partial charge in [0.15, 0.2) is 5.82 Å². The van der Waals surface area contributed by atoms with Crippen molar-refractivity contribution in [3.05, 3.63) is 58.6 Å². The van der Waals surface area contributed by atoms with Gasteiger partial charge in [0, 0.05) is 43.3 Å². The van der Waals surface area contributed by atoms with Crippen molar-refractivity contribution in [3.8, 4) is 17.3 Å². The van der Waals surface area contributed by atoms with Crippen LogP contribution in [0.5, 0.6) is 5.88 Å². The molecule has 0 radical (unpaired) electrons. The van der Waals surface area contributed by atoms with Gasteiger partial charge in [0.2, 0.25) is 11.8 Å². The number of nitrogens with zero attached hydrogens (tertiary/aromatic N) is 5. The molecule has 2 atom stereocenters. The number of methoxy groups -OCH3 is 1. The molecule has 1 amide bonds. The first-order valence-corrected chi connectivity index (χ1v) is 11.8. The maximum absolute atomic E-state index is 13.4. The summed E-state index contributed by atoms with van der Waals surface area (Å²) in [7, 11) is 1.55. The lowest BCUT2D eigenvalue weighted by Crippen LogP contribution is -2.46. The highest BCUT2D eigenvalue weighted by molar-refractivity contribution is 6.31. The van der Waals surface area contributed by atoms with Crippen molar-refractivity contribution in [3.63, 3.8) is 0 Å². The van der Waals surface area contributed by atoms with E-state index in [0.29, 0.717) is 29.8 Å². The first-order valence-electron chi connectivity index (χ1n) is 11.4. The van der Waals surface area contributed by atoms with Crippen molar-refractivity contribution in [2.24, 2.45) is 0 Å². The number of amides is 1. The zero-order valence-corrected chi connectivity index (χ0v) is 20.3. The number of fused-ring (bicyclic) bond motifs is 1. The smallest absolute Gasteiger partial charge is 0.229 e. The molecule has 0 saturated carbocycles. The average molecular weight is 479 g/mol. The van der Waals surface area contributed by atoms with Gasteiger partial charge in [-0.2, -0.15) is 0 Å². The number of ether oxygens (including phenoxy) is 1. The summed E-state index contributed by atoms with van der Waals surface area (Å²) in [5, 5.41) is 4.15. The van der Waals surface area contributed by atoms with E-state index < -0.39 is 0 Å². The van der Waals surface area contributed by atoms with Crippen molar-refractivity contribution in [1.29, 1.82) is 0 Å². The number of carbonyl (C=O) groups is 1. The van der Waals surface area contributed by atoms with E-state index in [1.54, 1.807) is 25.6 Å². The second-order valence-electron chi connectivity index (χ2n) is 9.09. The largest absolute Gasteiger partial charge is 0.481 e. The van der Waals surface area contributed by atoms with Crippen LogP contribution in [0.4, 0.5) is 5.82 Å². The molecule has 1 N–H and O–H groups in total. The summed E-state index contributed by atoms with van der Waals surface area (Å²) in [6.07, 6.45) is 7.72. The van der Waals surface area contributed by atoms with Crippen molar-refractivity contribution in [2.45, 2.75) is 44.6 Å². The van der Waals surface area contributed by atoms with Gasteiger partial charge in [0.25, 0.3) is 0 Å². The third-order valence-corrected chi connectivity index (χ3v) is 7.24. The molecular weight excluding hydrogens is 452 g/mol. The van der Waals surface area contributed by atoms with Crippen LogP contribution < -0.4 is 10.1 Å². The van der Waals surface area contributed by atoms with E-state index >= 15 is 0 Å². The van der Waals surface area contributed by atoms with E-state index in [1.807, 2.05) is 24.8 Å². The Bertz CT molecular complexity index is 1240. The predicted molar refractivity (Wildman–Crippen MR) is 130 cm³/mol. The molecule has 0 bridgehead atoms. The molecule has 1 saturated heterocycles. The zero-order chi connectivity index (χ0) is 23.9. The molecule has 34 heavy (non-hydrogen) atoms. The zero-order valence-electron chi connectivity index (χ0n) is 19.5. The number of nitrogens with one attached hydrogen (secondary N) is 1. The van der Waals surface area contributed by atoms with Crippen LogP contribution in [0, 0.1) is 6.92 Å². The molecule has 0 aromatic carbocycles. The minimum Gasteiger partial charge on any atom is -0.481 e. The van der Waals surface area contributed by atoms with Gasteiger partial charge < -0.3 is 15.0 Å². The Kier molecular flexibility index (Phi) is 5.85. The van der Waals surface area contributed by atoms with Gasteiger partial charge >= 0.3 is 0 Å². The normalized spacial score (nSPS) is 20.1. The molecule has 8 nitrogen and oxygen atoms in total. The average Bonchev–Trinajstić information content (AvgIpc) is 3.26. The summed E-state index contributed by atoms with van der Waals surface area (Å²) in [5.41, 5.74) is 3.56. The van der Waals surface area contributed by atoms with Gasteiger partial charge in [-0.1, -0.05) is 11.6 Å². The van der Waals surface area contributed by atoms with Crippen LogP contribution in [0.1, 0.15) is 42.5 Å². The van der Waals surface area contributed by atoms with Crippen molar-refractivity contribution in [2.75, 3.05) is 25.5 Å². The van der Waals surface area contributed by atoms with E-state index in [4.69, 9.17) is 21.3 Å². The second kappa shape index (κ2) is 8.83. The summed E-state index contributed by atoms with van der Waals surface area (Å²) >= 11 is 6.35. The first-order chi connectivity index (χ1) is 16.4. The number of likely N-dealkylation sites (tertiary alicyclic amines) is 1. The van der Waals surface area contributed by atoms with Gasteiger partial charge in [0.1, 0.15) is 5.82 Å². The highest BCUT2D eigenvalue weighted by Crippen LogP contribution is 2.39. The Hall–Kier alpha value is -3.26. The third-order valence-electron chi connectivity index (χ3n) is 6.93. The second-order valence-corrected chi connectivity index (χ2v) is 9.49. The Morgan fingerprint density at radius 1 is 1.24 bits per heavy atom. The van der Waals surface area contributed by atoms with Gasteiger partial charge in [-0.25, -0.2) is 19.9 Å². The first kappa shape index (κ1) is 22.5. The molecule has 5 rings (SSSR count). The van der Waals surface area contributed by atoms with Crippen LogP contribution in [0.15, 0.2) is 36.8 Å². The third kappa shape index (κ3) is 4.07. The highest BCUT2D eigenvalue weighted by Gasteiger charge is 2.43. The van der Waals surface area contributed by atoms with Crippen LogP contribution in [-0.2, 0) is 11.2 Å². The number of hydrogen-bond acceptors (Lipinski definition) is 7. The maximum Gasteiger partial charge on any atom is 0.229 e. The van der Waals surface area contributed by atoms with Crippen molar-refractivity contribution >= 4 is 23.3 Å². The quantitative estimate of drug-likeness (QED) is 0.604. The van der Waals surface area contributed by atoms with E-state index in [0.717, 1.165) is 47.5 Å². The summed E-state index contributed by atoms with van der Waals surface area (Å²) in [5.74, 6) is 1.70. The van der Waals surface area contributed by atoms with Crippen LogP contribution in [0.25, 0.3) is 11.4 Å². The fraction of sp³-hybridized carbons (Fsp3) is 0.400. The molecule has 5 heterocycles. The molecule has 1 fully saturated rings. The van der Waals surface area contributed by atoms with Gasteiger partial charge in [-0.05, 0) is 56.4 Å². The number of carbonyl (C=O) groups excluding carboxylic acids is 1. The molecule has 0 aliphatic carbocycles. The number of aromatic nitrogens is 4. The van der Waals surface area contributed by atoms with E-state index in [1.165, 1.54) is 6.20 Å². The Balaban J connectivity index is 1.33. The van der Waals surface area contributed by atoms with Crippen LogP contribution in [0.2, 0.25) is 5.02 Å². The topological polar surface area (TPSA) is 93.1 Å². The van der Waals surface area contributed by atoms with E-state index in [9.17, 15) is 4.79 Å². The van der Waals surface area contributed by atoms with E-state index in [-0.39, 0.29) is 17.4 Å². The lowest BCUT2D eigenvalue weighted by Gasteiger charge is -2.36. The number of halogens is 1. The van der Waals surface area contributed by atoms with Crippen LogP contribution >= 0.6 is 11.6 Å². The molecule has 3 aromatic heterocycles. The molecule has 2 aliphatic heterocycles. The Labute approximate surface area is 203 Å². The molecule has 3 aromatic rings. The number of aryl methyl sites for hydroxylation is 2. The fourth-order valence-corrected chi connectivity index (χ4v) is 5.22. The SMILES string of the molecule is COc1cc([C@H](C)C(=O)N2CC[C@@]3(CCc4cc(-c5ncccn5)c(C)nc4N3)C2)c(Cl)cn1. The van der Waals surface area contributed by atoms with E-state index in [2.05, 4.69) is 26.3 Å². The number of hydrogen-bond donors (Lipinski definition) is 1.